The van der Waals surface area contributed by atoms with Gasteiger partial charge in [-0.15, -0.1) is 0 Å². The molecule has 0 radical (unpaired) electrons. The quantitative estimate of drug-likeness (QED) is 0.801. The molecule has 3 rings (SSSR count). The highest BCUT2D eigenvalue weighted by Gasteiger charge is 2.51. The molecule has 3 fully saturated rings. The van der Waals surface area contributed by atoms with E-state index < -0.39 is 0 Å². The minimum Gasteiger partial charge on any atom is -0.314 e. The zero-order chi connectivity index (χ0) is 14.1. The Kier molecular flexibility index (Phi) is 4.11. The fourth-order valence-electron chi connectivity index (χ4n) is 4.26. The number of imide groups is 1. The Morgan fingerprint density at radius 3 is 2.15 bits per heavy atom. The molecule has 20 heavy (non-hydrogen) atoms. The number of hydrogen-bond donors (Lipinski definition) is 1. The van der Waals surface area contributed by atoms with Gasteiger partial charge >= 0.3 is 0 Å². The molecule has 112 valence electrons. The van der Waals surface area contributed by atoms with E-state index in [0.717, 1.165) is 57.9 Å². The maximum Gasteiger partial charge on any atom is 0.233 e. The molecule has 1 aliphatic heterocycles. The van der Waals surface area contributed by atoms with Crippen molar-refractivity contribution >= 4 is 11.8 Å². The van der Waals surface area contributed by atoms with Gasteiger partial charge in [-0.2, -0.15) is 0 Å². The van der Waals surface area contributed by atoms with E-state index in [1.807, 2.05) is 0 Å². The number of likely N-dealkylation sites (tertiary alicyclic amines) is 1. The van der Waals surface area contributed by atoms with E-state index in [1.54, 1.807) is 4.90 Å². The first kappa shape index (κ1) is 14.1. The third-order valence-electron chi connectivity index (χ3n) is 5.37. The maximum atomic E-state index is 12.4. The molecule has 0 aromatic carbocycles. The van der Waals surface area contributed by atoms with Gasteiger partial charge in [0.05, 0.1) is 11.8 Å². The van der Waals surface area contributed by atoms with Gasteiger partial charge in [-0.05, 0) is 51.5 Å². The van der Waals surface area contributed by atoms with Crippen LogP contribution in [0.5, 0.6) is 0 Å². The molecule has 4 heteroatoms. The van der Waals surface area contributed by atoms with Gasteiger partial charge in [-0.1, -0.05) is 13.3 Å². The average molecular weight is 278 g/mol. The largest absolute Gasteiger partial charge is 0.314 e. The fraction of sp³-hybridized carbons (Fsp3) is 0.875. The highest BCUT2D eigenvalue weighted by molar-refractivity contribution is 6.05. The summed E-state index contributed by atoms with van der Waals surface area (Å²) in [5.41, 5.74) is 0. The molecule has 4 nitrogen and oxygen atoms in total. The Morgan fingerprint density at radius 2 is 1.60 bits per heavy atom. The topological polar surface area (TPSA) is 49.4 Å². The van der Waals surface area contributed by atoms with E-state index in [-0.39, 0.29) is 29.7 Å². The minimum atomic E-state index is 0.0263. The highest BCUT2D eigenvalue weighted by atomic mass is 16.2. The molecule has 2 amide bonds. The average Bonchev–Trinajstić information content (AvgIpc) is 3.03. The van der Waals surface area contributed by atoms with Gasteiger partial charge in [0.1, 0.15) is 0 Å². The number of nitrogens with zero attached hydrogens (tertiary/aromatic N) is 1. The molecule has 0 aromatic rings. The van der Waals surface area contributed by atoms with Gasteiger partial charge in [0.15, 0.2) is 0 Å². The summed E-state index contributed by atoms with van der Waals surface area (Å²) >= 11 is 0. The summed E-state index contributed by atoms with van der Waals surface area (Å²) in [7, 11) is 0. The van der Waals surface area contributed by atoms with Crippen LogP contribution < -0.4 is 5.32 Å². The van der Waals surface area contributed by atoms with Crippen molar-refractivity contribution in [3.05, 3.63) is 0 Å². The first-order valence-corrected chi connectivity index (χ1v) is 8.32. The summed E-state index contributed by atoms with van der Waals surface area (Å²) in [4.78, 5) is 26.5. The summed E-state index contributed by atoms with van der Waals surface area (Å²) in [6, 6.07) is 0.763. The molecule has 0 spiro atoms. The van der Waals surface area contributed by atoms with Crippen LogP contribution in [0.4, 0.5) is 0 Å². The first-order chi connectivity index (χ1) is 9.72. The molecule has 0 aromatic heterocycles. The van der Waals surface area contributed by atoms with Crippen LogP contribution >= 0.6 is 0 Å². The molecule has 3 aliphatic rings. The van der Waals surface area contributed by atoms with Gasteiger partial charge in [-0.25, -0.2) is 0 Å². The van der Waals surface area contributed by atoms with Crippen molar-refractivity contribution in [1.82, 2.24) is 10.2 Å². The van der Waals surface area contributed by atoms with Crippen molar-refractivity contribution in [3.63, 3.8) is 0 Å². The van der Waals surface area contributed by atoms with Crippen molar-refractivity contribution in [2.75, 3.05) is 6.54 Å². The van der Waals surface area contributed by atoms with Crippen LogP contribution in [0, 0.1) is 11.8 Å². The predicted octanol–water partition coefficient (Wildman–Crippen LogP) is 2.08. The summed E-state index contributed by atoms with van der Waals surface area (Å²) in [5.74, 6) is 0.335. The molecule has 1 saturated heterocycles. The summed E-state index contributed by atoms with van der Waals surface area (Å²) in [6.07, 6.45) is 8.23. The Bertz CT molecular complexity index is 366. The Labute approximate surface area is 121 Å². The normalized spacial score (nSPS) is 37.5. The van der Waals surface area contributed by atoms with Crippen LogP contribution in [0.1, 0.15) is 58.3 Å². The highest BCUT2D eigenvalue weighted by Crippen LogP contribution is 2.42. The molecule has 2 aliphatic carbocycles. The van der Waals surface area contributed by atoms with Crippen LogP contribution in [-0.4, -0.2) is 35.3 Å². The Hall–Kier alpha value is -0.900. The fourth-order valence-corrected chi connectivity index (χ4v) is 4.26. The predicted molar refractivity (Wildman–Crippen MR) is 77.0 cm³/mol. The maximum absolute atomic E-state index is 12.4. The number of hydrogen-bond acceptors (Lipinski definition) is 3. The second-order valence-electron chi connectivity index (χ2n) is 6.65. The number of rotatable bonds is 4. The second kappa shape index (κ2) is 5.84. The van der Waals surface area contributed by atoms with Gasteiger partial charge in [0.25, 0.3) is 0 Å². The van der Waals surface area contributed by atoms with Crippen molar-refractivity contribution in [1.29, 1.82) is 0 Å². The Balaban J connectivity index is 1.58. The number of carbonyl (C=O) groups is 2. The molecule has 2 saturated carbocycles. The monoisotopic (exact) mass is 278 g/mol. The van der Waals surface area contributed by atoms with Crippen LogP contribution in [-0.2, 0) is 9.59 Å². The van der Waals surface area contributed by atoms with Crippen LogP contribution in [0.25, 0.3) is 0 Å². The number of nitrogens with one attached hydrogen (secondary N) is 1. The molecule has 2 atom stereocenters. The lowest BCUT2D eigenvalue weighted by atomic mass is 9.90. The molecule has 1 heterocycles. The second-order valence-corrected chi connectivity index (χ2v) is 6.65. The van der Waals surface area contributed by atoms with E-state index in [4.69, 9.17) is 0 Å². The molecule has 2 unspecified atom stereocenters. The first-order valence-electron chi connectivity index (χ1n) is 8.32. The molecule has 0 bridgehead atoms. The van der Waals surface area contributed by atoms with Crippen LogP contribution in [0.2, 0.25) is 0 Å². The van der Waals surface area contributed by atoms with Gasteiger partial charge in [-0.3, -0.25) is 14.5 Å². The van der Waals surface area contributed by atoms with Gasteiger partial charge in [0.2, 0.25) is 11.8 Å². The molecule has 1 N–H and O–H groups in total. The van der Waals surface area contributed by atoms with Crippen LogP contribution in [0.3, 0.4) is 0 Å². The van der Waals surface area contributed by atoms with Crippen LogP contribution in [0.15, 0.2) is 0 Å². The number of fused-ring (bicyclic) bond motifs is 1. The van der Waals surface area contributed by atoms with Gasteiger partial charge in [0, 0.05) is 12.1 Å². The third kappa shape index (κ3) is 2.39. The SMILES string of the molecule is CCCNC1CCC(N2C(=O)C3CCCC3C2=O)CC1. The van der Waals surface area contributed by atoms with E-state index in [0.29, 0.717) is 6.04 Å². The van der Waals surface area contributed by atoms with E-state index >= 15 is 0 Å². The lowest BCUT2D eigenvalue weighted by molar-refractivity contribution is -0.143. The van der Waals surface area contributed by atoms with Crippen molar-refractivity contribution in [2.45, 2.75) is 70.4 Å². The number of carbonyl (C=O) groups excluding carboxylic acids is 2. The summed E-state index contributed by atoms with van der Waals surface area (Å²) in [6.45, 7) is 3.25. The zero-order valence-corrected chi connectivity index (χ0v) is 12.4. The summed E-state index contributed by atoms with van der Waals surface area (Å²) < 4.78 is 0. The Morgan fingerprint density at radius 1 is 1.00 bits per heavy atom. The smallest absolute Gasteiger partial charge is 0.233 e. The van der Waals surface area contributed by atoms with Crippen molar-refractivity contribution in [2.24, 2.45) is 11.8 Å². The van der Waals surface area contributed by atoms with E-state index in [1.165, 1.54) is 0 Å². The van der Waals surface area contributed by atoms with Crippen molar-refractivity contribution in [3.8, 4) is 0 Å². The molecular formula is C16H26N2O2. The number of amides is 2. The van der Waals surface area contributed by atoms with Crippen molar-refractivity contribution < 1.29 is 9.59 Å². The standard InChI is InChI=1S/C16H26N2O2/c1-2-10-17-11-6-8-12(9-7-11)18-15(19)13-4-3-5-14(13)16(18)20/h11-14,17H,2-10H2,1H3. The zero-order valence-electron chi connectivity index (χ0n) is 12.4. The third-order valence-corrected chi connectivity index (χ3v) is 5.37. The summed E-state index contributed by atoms with van der Waals surface area (Å²) in [5, 5.41) is 3.56. The van der Waals surface area contributed by atoms with E-state index in [2.05, 4.69) is 12.2 Å². The minimum absolute atomic E-state index is 0.0263. The van der Waals surface area contributed by atoms with Gasteiger partial charge < -0.3 is 5.32 Å². The lowest BCUT2D eigenvalue weighted by Crippen LogP contribution is -2.45. The lowest BCUT2D eigenvalue weighted by Gasteiger charge is -2.34. The molecular weight excluding hydrogens is 252 g/mol. The van der Waals surface area contributed by atoms with E-state index in [9.17, 15) is 9.59 Å².